The van der Waals surface area contributed by atoms with Crippen molar-refractivity contribution < 1.29 is 13.6 Å². The molecule has 0 aromatic heterocycles. The second kappa shape index (κ2) is 19.3. The van der Waals surface area contributed by atoms with E-state index in [4.69, 9.17) is 8.85 Å². The van der Waals surface area contributed by atoms with Gasteiger partial charge in [0.05, 0.1) is 0 Å². The van der Waals surface area contributed by atoms with Crippen LogP contribution in [0.25, 0.3) is 0 Å². The molecule has 208 valence electrons. The maximum atomic E-state index is 12.4. The molecular weight excluding hydrogens is 480 g/mol. The average molecular weight is 537 g/mol. The van der Waals surface area contributed by atoms with Crippen molar-refractivity contribution in [3.8, 4) is 5.75 Å². The Balaban J connectivity index is 2.92. The van der Waals surface area contributed by atoms with Gasteiger partial charge in [0.15, 0.2) is 5.12 Å². The summed E-state index contributed by atoms with van der Waals surface area (Å²) in [7, 11) is -2.45. The summed E-state index contributed by atoms with van der Waals surface area (Å²) in [6, 6.07) is 8.73. The number of benzene rings is 1. The molecule has 0 N–H and O–H groups in total. The summed E-state index contributed by atoms with van der Waals surface area (Å²) in [6.45, 7) is 16.5. The van der Waals surface area contributed by atoms with E-state index in [2.05, 4.69) is 66.7 Å². The molecular formula is C31H56O3SSi. The monoisotopic (exact) mass is 536 g/mol. The minimum absolute atomic E-state index is 0.353. The van der Waals surface area contributed by atoms with Gasteiger partial charge in [-0.05, 0) is 48.3 Å². The molecule has 1 atom stereocenters. The van der Waals surface area contributed by atoms with E-state index in [1.165, 1.54) is 48.6 Å². The van der Waals surface area contributed by atoms with Crippen LogP contribution in [0.15, 0.2) is 18.2 Å². The fourth-order valence-electron chi connectivity index (χ4n) is 4.39. The van der Waals surface area contributed by atoms with E-state index >= 15 is 0 Å². The lowest BCUT2D eigenvalue weighted by atomic mass is 9.95. The van der Waals surface area contributed by atoms with Crippen LogP contribution < -0.4 is 4.43 Å². The molecule has 0 aliphatic carbocycles. The highest BCUT2D eigenvalue weighted by Crippen LogP contribution is 2.35. The fourth-order valence-corrected chi connectivity index (χ4v) is 8.97. The first kappa shape index (κ1) is 33.2. The Labute approximate surface area is 229 Å². The molecule has 0 bridgehead atoms. The largest absolute Gasteiger partial charge is 0.520 e. The average Bonchev–Trinajstić information content (AvgIpc) is 2.85. The molecule has 0 amide bonds. The first-order valence-electron chi connectivity index (χ1n) is 14.9. The van der Waals surface area contributed by atoms with Crippen LogP contribution in [0.1, 0.15) is 142 Å². The Bertz CT molecular complexity index is 722. The molecule has 0 spiro atoms. The van der Waals surface area contributed by atoms with E-state index in [1.54, 1.807) is 0 Å². The summed E-state index contributed by atoms with van der Waals surface area (Å²) in [5, 5.41) is 0.353. The van der Waals surface area contributed by atoms with Gasteiger partial charge in [-0.25, -0.2) is 0 Å². The standard InChI is InChI=1S/C31H56O3SSi/c1-8-11-14-15-16-18-31(32)35-22-17-24-36(23-13-10-3,33-21-12-9-2)34-30-20-19-28(26(4)5)25-29(30)27(6)7/h19-20,25-27H,8-18,21-24H2,1-7H3. The Morgan fingerprint density at radius 1 is 0.833 bits per heavy atom. The molecule has 0 aliphatic heterocycles. The number of unbranched alkanes of at least 4 members (excludes halogenated alkanes) is 6. The third-order valence-electron chi connectivity index (χ3n) is 6.84. The van der Waals surface area contributed by atoms with Gasteiger partial charge in [-0.15, -0.1) is 0 Å². The smallest absolute Gasteiger partial charge is 0.398 e. The van der Waals surface area contributed by atoms with Crippen LogP contribution in [0.2, 0.25) is 12.1 Å². The van der Waals surface area contributed by atoms with Gasteiger partial charge in [0, 0.05) is 30.9 Å². The Kier molecular flexibility index (Phi) is 17.8. The predicted molar refractivity (Wildman–Crippen MR) is 162 cm³/mol. The Morgan fingerprint density at radius 3 is 2.14 bits per heavy atom. The van der Waals surface area contributed by atoms with Gasteiger partial charge >= 0.3 is 8.56 Å². The first-order chi connectivity index (χ1) is 17.3. The lowest BCUT2D eigenvalue weighted by Crippen LogP contribution is -2.46. The normalized spacial score (nSPS) is 13.4. The zero-order valence-electron chi connectivity index (χ0n) is 24.6. The first-order valence-corrected chi connectivity index (χ1v) is 18.1. The molecule has 1 aromatic rings. The summed E-state index contributed by atoms with van der Waals surface area (Å²) in [6.07, 6.45) is 12.2. The number of carbonyl (C=O) groups is 1. The quantitative estimate of drug-likeness (QED) is 0.116. The lowest BCUT2D eigenvalue weighted by Gasteiger charge is -2.33. The summed E-state index contributed by atoms with van der Waals surface area (Å²) >= 11 is 1.52. The second-order valence-electron chi connectivity index (χ2n) is 10.9. The predicted octanol–water partition coefficient (Wildman–Crippen LogP) is 10.4. The lowest BCUT2D eigenvalue weighted by molar-refractivity contribution is -0.111. The minimum atomic E-state index is -2.45. The van der Waals surface area contributed by atoms with Crippen molar-refractivity contribution in [2.45, 2.75) is 143 Å². The highest BCUT2D eigenvalue weighted by Gasteiger charge is 2.39. The van der Waals surface area contributed by atoms with E-state index in [-0.39, 0.29) is 0 Å². The Morgan fingerprint density at radius 2 is 1.50 bits per heavy atom. The summed E-state index contributed by atoms with van der Waals surface area (Å²) in [4.78, 5) is 12.4. The van der Waals surface area contributed by atoms with Gasteiger partial charge < -0.3 is 8.85 Å². The maximum absolute atomic E-state index is 12.4. The highest BCUT2D eigenvalue weighted by atomic mass is 32.2. The Hall–Kier alpha value is -0.783. The third-order valence-corrected chi connectivity index (χ3v) is 11.4. The van der Waals surface area contributed by atoms with E-state index in [1.807, 2.05) is 0 Å². The SMILES string of the molecule is CCCCCCCC(=O)SCCC[Si](CCCC)(OCCCC)Oc1ccc(C(C)C)cc1C(C)C. The fraction of sp³-hybridized carbons (Fsp3) is 0.774. The van der Waals surface area contributed by atoms with Crippen molar-refractivity contribution in [1.82, 2.24) is 0 Å². The molecule has 1 rings (SSSR count). The second-order valence-corrected chi connectivity index (χ2v) is 15.4. The zero-order chi connectivity index (χ0) is 26.8. The zero-order valence-corrected chi connectivity index (χ0v) is 26.4. The van der Waals surface area contributed by atoms with Crippen LogP contribution in [0.5, 0.6) is 5.75 Å². The minimum Gasteiger partial charge on any atom is -0.520 e. The molecule has 1 aromatic carbocycles. The van der Waals surface area contributed by atoms with Gasteiger partial charge in [0.25, 0.3) is 0 Å². The van der Waals surface area contributed by atoms with Gasteiger partial charge in [-0.3, -0.25) is 4.79 Å². The molecule has 0 aliphatic rings. The third kappa shape index (κ3) is 13.1. The van der Waals surface area contributed by atoms with E-state index in [0.717, 1.165) is 75.1 Å². The topological polar surface area (TPSA) is 35.5 Å². The van der Waals surface area contributed by atoms with Crippen LogP contribution in [0, 0.1) is 0 Å². The van der Waals surface area contributed by atoms with Crippen molar-refractivity contribution in [3.05, 3.63) is 29.3 Å². The van der Waals surface area contributed by atoms with Gasteiger partial charge in [0.2, 0.25) is 0 Å². The van der Waals surface area contributed by atoms with Gasteiger partial charge in [0.1, 0.15) is 5.75 Å². The van der Waals surface area contributed by atoms with Crippen LogP contribution in [-0.2, 0) is 9.22 Å². The van der Waals surface area contributed by atoms with Crippen LogP contribution in [0.4, 0.5) is 0 Å². The summed E-state index contributed by atoms with van der Waals surface area (Å²) in [5.74, 6) is 2.79. The maximum Gasteiger partial charge on any atom is 0.398 e. The van der Waals surface area contributed by atoms with Crippen LogP contribution in [0.3, 0.4) is 0 Å². The van der Waals surface area contributed by atoms with Gasteiger partial charge in [-0.1, -0.05) is 117 Å². The summed E-state index contributed by atoms with van der Waals surface area (Å²) in [5.41, 5.74) is 2.66. The molecule has 0 radical (unpaired) electrons. The van der Waals surface area contributed by atoms with Crippen LogP contribution >= 0.6 is 11.8 Å². The molecule has 0 saturated carbocycles. The van der Waals surface area contributed by atoms with Crippen molar-refractivity contribution in [2.24, 2.45) is 0 Å². The molecule has 36 heavy (non-hydrogen) atoms. The molecule has 0 saturated heterocycles. The van der Waals surface area contributed by atoms with Crippen LogP contribution in [-0.4, -0.2) is 26.0 Å². The molecule has 0 heterocycles. The molecule has 5 heteroatoms. The number of hydrogen-bond acceptors (Lipinski definition) is 4. The number of thioether (sulfide) groups is 1. The van der Waals surface area contributed by atoms with E-state index < -0.39 is 8.56 Å². The van der Waals surface area contributed by atoms with Crippen molar-refractivity contribution in [3.63, 3.8) is 0 Å². The highest BCUT2D eigenvalue weighted by molar-refractivity contribution is 8.13. The number of rotatable bonds is 21. The van der Waals surface area contributed by atoms with Gasteiger partial charge in [-0.2, -0.15) is 0 Å². The molecule has 0 fully saturated rings. The van der Waals surface area contributed by atoms with E-state index in [9.17, 15) is 4.79 Å². The number of carbonyl (C=O) groups excluding carboxylic acids is 1. The number of hydrogen-bond donors (Lipinski definition) is 0. The molecule has 3 nitrogen and oxygen atoms in total. The summed E-state index contributed by atoms with van der Waals surface area (Å²) < 4.78 is 13.7. The van der Waals surface area contributed by atoms with Crippen molar-refractivity contribution in [1.29, 1.82) is 0 Å². The van der Waals surface area contributed by atoms with Crippen molar-refractivity contribution >= 4 is 25.4 Å². The van der Waals surface area contributed by atoms with Crippen molar-refractivity contribution in [2.75, 3.05) is 12.4 Å². The molecule has 1 unspecified atom stereocenters. The van der Waals surface area contributed by atoms with E-state index in [0.29, 0.717) is 17.0 Å².